The molecular formula is C25H22O3S2. The van der Waals surface area contributed by atoms with Crippen LogP contribution in [0, 0.1) is 17.3 Å². The van der Waals surface area contributed by atoms with Gasteiger partial charge in [0.1, 0.15) is 17.3 Å². The normalized spacial score (nSPS) is 32.2. The van der Waals surface area contributed by atoms with Crippen molar-refractivity contribution in [2.75, 3.05) is 0 Å². The number of carbonyl (C=O) groups is 3. The Morgan fingerprint density at radius 2 is 1.50 bits per heavy atom. The maximum absolute atomic E-state index is 14.2. The number of aldehydes is 2. The molecule has 0 amide bonds. The molecule has 1 spiro atoms. The highest BCUT2D eigenvalue weighted by Crippen LogP contribution is 2.74. The summed E-state index contributed by atoms with van der Waals surface area (Å²) in [6, 6.07) is 19.8. The van der Waals surface area contributed by atoms with Crippen molar-refractivity contribution >= 4 is 41.9 Å². The van der Waals surface area contributed by atoms with E-state index >= 15 is 0 Å². The van der Waals surface area contributed by atoms with Crippen molar-refractivity contribution in [2.45, 2.75) is 40.2 Å². The molecule has 30 heavy (non-hydrogen) atoms. The number of Topliss-reactive ketones (excluding diaryl/α,β-unsaturated/α-hetero) is 1. The van der Waals surface area contributed by atoms with Gasteiger partial charge in [0.2, 0.25) is 0 Å². The second-order valence-electron chi connectivity index (χ2n) is 8.25. The van der Waals surface area contributed by atoms with Crippen LogP contribution < -0.4 is 0 Å². The van der Waals surface area contributed by atoms with E-state index in [1.165, 1.54) is 23.5 Å². The Hall–Kier alpha value is -2.11. The minimum Gasteiger partial charge on any atom is -0.303 e. The molecule has 4 atom stereocenters. The van der Waals surface area contributed by atoms with Crippen LogP contribution in [0.4, 0.5) is 0 Å². The molecule has 2 saturated carbocycles. The summed E-state index contributed by atoms with van der Waals surface area (Å²) in [6.45, 7) is 0. The lowest BCUT2D eigenvalue weighted by Gasteiger charge is -2.41. The first kappa shape index (κ1) is 19.8. The van der Waals surface area contributed by atoms with Crippen LogP contribution in [0.25, 0.3) is 0 Å². The first-order valence-corrected chi connectivity index (χ1v) is 12.0. The van der Waals surface area contributed by atoms with Crippen molar-refractivity contribution in [2.24, 2.45) is 17.3 Å². The number of carbonyl (C=O) groups excluding carboxylic acids is 3. The fraction of sp³-hybridized carbons (Fsp3) is 0.320. The van der Waals surface area contributed by atoms with Gasteiger partial charge >= 0.3 is 0 Å². The van der Waals surface area contributed by atoms with E-state index in [0.29, 0.717) is 6.42 Å². The summed E-state index contributed by atoms with van der Waals surface area (Å²) in [4.78, 5) is 41.5. The maximum atomic E-state index is 14.2. The average molecular weight is 435 g/mol. The van der Waals surface area contributed by atoms with E-state index in [9.17, 15) is 14.4 Å². The predicted octanol–water partition coefficient (Wildman–Crippen LogP) is 5.35. The number of benzene rings is 2. The van der Waals surface area contributed by atoms with Gasteiger partial charge in [-0.2, -0.15) is 0 Å². The minimum absolute atomic E-state index is 0.0429. The lowest BCUT2D eigenvalue weighted by Crippen LogP contribution is -2.49. The number of rotatable bonds is 6. The zero-order chi connectivity index (χ0) is 20.8. The molecular weight excluding hydrogens is 412 g/mol. The number of thioether (sulfide) groups is 2. The summed E-state index contributed by atoms with van der Waals surface area (Å²) in [6.07, 6.45) is 4.98. The summed E-state index contributed by atoms with van der Waals surface area (Å²) in [7, 11) is 0. The second kappa shape index (κ2) is 7.54. The Bertz CT molecular complexity index is 1030. The first-order valence-electron chi connectivity index (χ1n) is 10.3. The third kappa shape index (κ3) is 2.58. The first-order chi connectivity index (χ1) is 14.7. The third-order valence-corrected chi connectivity index (χ3v) is 9.82. The van der Waals surface area contributed by atoms with E-state index in [2.05, 4.69) is 0 Å². The van der Waals surface area contributed by atoms with Crippen LogP contribution in [0.1, 0.15) is 25.7 Å². The Morgan fingerprint density at radius 3 is 2.13 bits per heavy atom. The highest BCUT2D eigenvalue weighted by Gasteiger charge is 2.75. The van der Waals surface area contributed by atoms with E-state index in [1.807, 2.05) is 60.7 Å². The molecule has 0 bridgehead atoms. The van der Waals surface area contributed by atoms with Gasteiger partial charge in [0.25, 0.3) is 0 Å². The Morgan fingerprint density at radius 1 is 0.867 bits per heavy atom. The lowest BCUT2D eigenvalue weighted by molar-refractivity contribution is -0.122. The van der Waals surface area contributed by atoms with E-state index < -0.39 is 16.1 Å². The van der Waals surface area contributed by atoms with Crippen molar-refractivity contribution in [1.29, 1.82) is 0 Å². The molecule has 0 aromatic heterocycles. The van der Waals surface area contributed by atoms with Gasteiger partial charge in [0.15, 0.2) is 5.78 Å². The Balaban J connectivity index is 1.70. The number of ketones is 1. The lowest BCUT2D eigenvalue weighted by atomic mass is 9.70. The number of hydrogen-bond donors (Lipinski definition) is 0. The smallest absolute Gasteiger partial charge is 0.187 e. The fourth-order valence-corrected chi connectivity index (χ4v) is 8.88. The summed E-state index contributed by atoms with van der Waals surface area (Å²) in [5, 5.41) is 0. The van der Waals surface area contributed by atoms with Crippen LogP contribution in [0.15, 0.2) is 80.9 Å². The van der Waals surface area contributed by atoms with Crippen molar-refractivity contribution in [1.82, 2.24) is 0 Å². The summed E-state index contributed by atoms with van der Waals surface area (Å²) in [5.74, 6) is -0.715. The Kier molecular flexibility index (Phi) is 4.98. The zero-order valence-electron chi connectivity index (χ0n) is 16.5. The Labute approximate surface area is 184 Å². The van der Waals surface area contributed by atoms with Gasteiger partial charge in [-0.1, -0.05) is 48.2 Å². The standard InChI is InChI=1S/C25H22O3S2/c26-15-17-14-18(16-27)25(30-20-10-5-2-6-11-20)23(28)22(21-12-7-13-24(17,21)25)29-19-8-3-1-4-9-19/h1-6,8-11,15-18H,7,12-14H2/t17-,18+,24+,25+/m1/s1. The second-order valence-corrected chi connectivity index (χ2v) is 10.7. The molecule has 2 fully saturated rings. The van der Waals surface area contributed by atoms with Gasteiger partial charge < -0.3 is 9.59 Å². The SMILES string of the molecule is O=C[C@@H]1C[C@H](C=O)[C@@]23CCCC2=C(Sc2ccccc2)C(=O)[C@@]13Sc1ccccc1. The van der Waals surface area contributed by atoms with Crippen molar-refractivity contribution in [3.63, 3.8) is 0 Å². The van der Waals surface area contributed by atoms with Gasteiger partial charge in [-0.05, 0) is 55.5 Å². The van der Waals surface area contributed by atoms with E-state index in [-0.39, 0.29) is 11.7 Å². The molecule has 2 aromatic rings. The van der Waals surface area contributed by atoms with Gasteiger partial charge in [0.05, 0.1) is 4.91 Å². The molecule has 5 rings (SSSR count). The molecule has 0 saturated heterocycles. The average Bonchev–Trinajstić information content (AvgIpc) is 3.39. The van der Waals surface area contributed by atoms with E-state index in [4.69, 9.17) is 0 Å². The number of hydrogen-bond acceptors (Lipinski definition) is 5. The summed E-state index contributed by atoms with van der Waals surface area (Å²) < 4.78 is -0.926. The van der Waals surface area contributed by atoms with Crippen LogP contribution >= 0.6 is 23.5 Å². The highest BCUT2D eigenvalue weighted by molar-refractivity contribution is 8.05. The van der Waals surface area contributed by atoms with Crippen LogP contribution in [0.2, 0.25) is 0 Å². The highest BCUT2D eigenvalue weighted by atomic mass is 32.2. The van der Waals surface area contributed by atoms with E-state index in [1.54, 1.807) is 0 Å². The van der Waals surface area contributed by atoms with Crippen LogP contribution in [0.3, 0.4) is 0 Å². The largest absolute Gasteiger partial charge is 0.303 e. The molecule has 3 aliphatic carbocycles. The minimum atomic E-state index is -0.926. The fourth-order valence-electron chi connectivity index (χ4n) is 5.90. The summed E-state index contributed by atoms with van der Waals surface area (Å²) in [5.41, 5.74) is 0.570. The summed E-state index contributed by atoms with van der Waals surface area (Å²) >= 11 is 3.02. The molecule has 3 aliphatic rings. The van der Waals surface area contributed by atoms with Crippen LogP contribution in [0.5, 0.6) is 0 Å². The molecule has 5 heteroatoms. The zero-order valence-corrected chi connectivity index (χ0v) is 18.1. The molecule has 152 valence electrons. The van der Waals surface area contributed by atoms with Gasteiger partial charge in [0, 0.05) is 27.0 Å². The van der Waals surface area contributed by atoms with Crippen LogP contribution in [-0.2, 0) is 14.4 Å². The third-order valence-electron chi connectivity index (χ3n) is 6.99. The molecule has 3 nitrogen and oxygen atoms in total. The molecule has 0 heterocycles. The number of allylic oxidation sites excluding steroid dienone is 2. The van der Waals surface area contributed by atoms with Crippen molar-refractivity contribution in [3.8, 4) is 0 Å². The molecule has 2 aromatic carbocycles. The molecule has 0 aliphatic heterocycles. The van der Waals surface area contributed by atoms with Crippen molar-refractivity contribution < 1.29 is 14.4 Å². The maximum Gasteiger partial charge on any atom is 0.187 e. The van der Waals surface area contributed by atoms with Gasteiger partial charge in [-0.15, -0.1) is 11.8 Å². The molecule has 0 N–H and O–H groups in total. The van der Waals surface area contributed by atoms with Crippen LogP contribution in [-0.4, -0.2) is 23.1 Å². The monoisotopic (exact) mass is 434 g/mol. The van der Waals surface area contributed by atoms with Gasteiger partial charge in [-0.3, -0.25) is 4.79 Å². The molecule has 0 unspecified atom stereocenters. The van der Waals surface area contributed by atoms with Gasteiger partial charge in [-0.25, -0.2) is 0 Å². The van der Waals surface area contributed by atoms with E-state index in [0.717, 1.165) is 52.1 Å². The predicted molar refractivity (Wildman–Crippen MR) is 119 cm³/mol. The topological polar surface area (TPSA) is 51.2 Å². The molecule has 0 radical (unpaired) electrons. The van der Waals surface area contributed by atoms with Crippen molar-refractivity contribution in [3.05, 3.63) is 71.1 Å². The quantitative estimate of drug-likeness (QED) is 0.574.